The molecule has 4 rings (SSSR count). The second-order valence-electron chi connectivity index (χ2n) is 5.99. The van der Waals surface area contributed by atoms with Crippen LogP contribution in [0.15, 0.2) is 48.1 Å². The molecule has 6 heteroatoms. The van der Waals surface area contributed by atoms with Crippen LogP contribution in [0.2, 0.25) is 0 Å². The van der Waals surface area contributed by atoms with E-state index in [9.17, 15) is 4.79 Å². The minimum Gasteiger partial charge on any atom is -0.346 e. The van der Waals surface area contributed by atoms with Crippen LogP contribution in [-0.4, -0.2) is 26.5 Å². The van der Waals surface area contributed by atoms with Crippen molar-refractivity contribution in [2.75, 3.05) is 0 Å². The molecule has 1 aromatic carbocycles. The Hall–Kier alpha value is -2.47. The van der Waals surface area contributed by atoms with Crippen LogP contribution in [0.5, 0.6) is 0 Å². The molecular formula is C18H18N4OS. The van der Waals surface area contributed by atoms with E-state index in [2.05, 4.69) is 32.0 Å². The third kappa shape index (κ3) is 3.23. The maximum absolute atomic E-state index is 12.4. The summed E-state index contributed by atoms with van der Waals surface area (Å²) in [6, 6.07) is 10.3. The van der Waals surface area contributed by atoms with E-state index in [1.165, 1.54) is 16.9 Å². The second kappa shape index (κ2) is 6.57. The van der Waals surface area contributed by atoms with E-state index >= 15 is 0 Å². The Labute approximate surface area is 144 Å². The van der Waals surface area contributed by atoms with E-state index in [1.54, 1.807) is 0 Å². The summed E-state index contributed by atoms with van der Waals surface area (Å²) in [5.41, 5.74) is 1.72. The maximum Gasteiger partial charge on any atom is 0.271 e. The van der Waals surface area contributed by atoms with Crippen molar-refractivity contribution in [3.8, 4) is 0 Å². The third-order valence-corrected chi connectivity index (χ3v) is 5.10. The number of benzene rings is 1. The Morgan fingerprint density at radius 1 is 1.33 bits per heavy atom. The van der Waals surface area contributed by atoms with Gasteiger partial charge in [-0.2, -0.15) is 0 Å². The summed E-state index contributed by atoms with van der Waals surface area (Å²) in [5, 5.41) is 5.91. The molecule has 0 bridgehead atoms. The van der Waals surface area contributed by atoms with Gasteiger partial charge in [-0.05, 0) is 12.0 Å². The predicted octanol–water partition coefficient (Wildman–Crippen LogP) is 2.68. The highest BCUT2D eigenvalue weighted by molar-refractivity contribution is 7.09. The maximum atomic E-state index is 12.4. The molecule has 1 N–H and O–H groups in total. The Morgan fingerprint density at radius 2 is 2.21 bits per heavy atom. The molecule has 1 aliphatic rings. The number of fused-ring (bicyclic) bond motifs is 1. The van der Waals surface area contributed by atoms with Crippen LogP contribution in [0.3, 0.4) is 0 Å². The summed E-state index contributed by atoms with van der Waals surface area (Å²) in [7, 11) is 0. The van der Waals surface area contributed by atoms with Gasteiger partial charge in [-0.3, -0.25) is 4.79 Å². The van der Waals surface area contributed by atoms with Crippen molar-refractivity contribution < 1.29 is 4.79 Å². The van der Waals surface area contributed by atoms with Gasteiger partial charge in [0, 0.05) is 43.2 Å². The van der Waals surface area contributed by atoms with Crippen molar-refractivity contribution in [1.29, 1.82) is 0 Å². The number of aromatic nitrogens is 3. The number of amides is 1. The summed E-state index contributed by atoms with van der Waals surface area (Å²) in [6.45, 7) is 0.780. The van der Waals surface area contributed by atoms with Gasteiger partial charge < -0.3 is 9.88 Å². The lowest BCUT2D eigenvalue weighted by Gasteiger charge is -2.24. The molecule has 1 atom stereocenters. The molecule has 0 radical (unpaired) electrons. The Balaban J connectivity index is 1.39. The molecule has 2 aromatic heterocycles. The van der Waals surface area contributed by atoms with Crippen LogP contribution < -0.4 is 5.32 Å². The lowest BCUT2D eigenvalue weighted by molar-refractivity contribution is 0.0923. The van der Waals surface area contributed by atoms with Crippen LogP contribution >= 0.6 is 11.3 Å². The fourth-order valence-corrected chi connectivity index (χ4v) is 3.82. The molecule has 1 amide bonds. The molecule has 0 saturated carbocycles. The monoisotopic (exact) mass is 338 g/mol. The van der Waals surface area contributed by atoms with Crippen molar-refractivity contribution >= 4 is 17.2 Å². The van der Waals surface area contributed by atoms with Gasteiger partial charge >= 0.3 is 0 Å². The molecule has 122 valence electrons. The predicted molar refractivity (Wildman–Crippen MR) is 93.2 cm³/mol. The van der Waals surface area contributed by atoms with Crippen LogP contribution in [-0.2, 0) is 19.4 Å². The smallest absolute Gasteiger partial charge is 0.271 e. The van der Waals surface area contributed by atoms with Gasteiger partial charge in [0.25, 0.3) is 5.91 Å². The lowest BCUT2D eigenvalue weighted by atomic mass is 10.1. The first-order valence-corrected chi connectivity index (χ1v) is 8.95. The van der Waals surface area contributed by atoms with E-state index < -0.39 is 0 Å². The summed E-state index contributed by atoms with van der Waals surface area (Å²) < 4.78 is 2.11. The minimum atomic E-state index is -0.0841. The second-order valence-corrected chi connectivity index (χ2v) is 6.94. The first-order chi connectivity index (χ1) is 11.8. The molecule has 5 nitrogen and oxygen atoms in total. The van der Waals surface area contributed by atoms with E-state index in [0.29, 0.717) is 5.69 Å². The average Bonchev–Trinajstić information content (AvgIpc) is 3.24. The molecule has 3 aromatic rings. The van der Waals surface area contributed by atoms with Gasteiger partial charge in [0.05, 0.1) is 5.01 Å². The Kier molecular flexibility index (Phi) is 4.13. The normalized spacial score (nSPS) is 16.6. The van der Waals surface area contributed by atoms with Crippen LogP contribution in [0, 0.1) is 0 Å². The largest absolute Gasteiger partial charge is 0.346 e. The molecule has 1 aliphatic heterocycles. The number of hydrogen-bond acceptors (Lipinski definition) is 4. The van der Waals surface area contributed by atoms with E-state index in [0.717, 1.165) is 36.6 Å². The number of hydrogen-bond donors (Lipinski definition) is 1. The van der Waals surface area contributed by atoms with Crippen molar-refractivity contribution in [3.05, 3.63) is 70.2 Å². The van der Waals surface area contributed by atoms with E-state index in [4.69, 9.17) is 0 Å². The molecule has 24 heavy (non-hydrogen) atoms. The fourth-order valence-electron chi connectivity index (χ4n) is 3.01. The summed E-state index contributed by atoms with van der Waals surface area (Å²) in [6.07, 6.45) is 6.36. The van der Waals surface area contributed by atoms with Gasteiger partial charge in [0.2, 0.25) is 0 Å². The van der Waals surface area contributed by atoms with Gasteiger partial charge in [0.15, 0.2) is 0 Å². The fraction of sp³-hybridized carbons (Fsp3) is 0.278. The van der Waals surface area contributed by atoms with Gasteiger partial charge in [-0.1, -0.05) is 30.3 Å². The van der Waals surface area contributed by atoms with Gasteiger partial charge in [-0.25, -0.2) is 9.97 Å². The van der Waals surface area contributed by atoms with Gasteiger partial charge in [0.1, 0.15) is 11.5 Å². The van der Waals surface area contributed by atoms with Crippen molar-refractivity contribution in [3.63, 3.8) is 0 Å². The lowest BCUT2D eigenvalue weighted by Crippen LogP contribution is -2.41. The first kappa shape index (κ1) is 15.1. The molecule has 0 unspecified atom stereocenters. The SMILES string of the molecule is O=C(N[C@H]1CCc2nccn2C1)c1csc(Cc2ccccc2)n1. The van der Waals surface area contributed by atoms with Crippen LogP contribution in [0.4, 0.5) is 0 Å². The quantitative estimate of drug-likeness (QED) is 0.796. The number of carbonyl (C=O) groups excluding carboxylic acids is 1. The molecule has 3 heterocycles. The molecular weight excluding hydrogens is 320 g/mol. The summed E-state index contributed by atoms with van der Waals surface area (Å²) >= 11 is 1.54. The highest BCUT2D eigenvalue weighted by Gasteiger charge is 2.21. The third-order valence-electron chi connectivity index (χ3n) is 4.25. The van der Waals surface area contributed by atoms with Crippen LogP contribution in [0.25, 0.3) is 0 Å². The van der Waals surface area contributed by atoms with Crippen molar-refractivity contribution in [1.82, 2.24) is 19.9 Å². The van der Waals surface area contributed by atoms with Crippen molar-refractivity contribution in [2.45, 2.75) is 31.8 Å². The van der Waals surface area contributed by atoms with E-state index in [-0.39, 0.29) is 11.9 Å². The number of rotatable bonds is 4. The highest BCUT2D eigenvalue weighted by Crippen LogP contribution is 2.16. The molecule has 0 saturated heterocycles. The number of carbonyl (C=O) groups is 1. The average molecular weight is 338 g/mol. The molecule has 0 aliphatic carbocycles. The Morgan fingerprint density at radius 3 is 3.08 bits per heavy atom. The number of nitrogens with one attached hydrogen (secondary N) is 1. The number of imidazole rings is 1. The number of nitrogens with zero attached hydrogens (tertiary/aromatic N) is 3. The number of aryl methyl sites for hydroxylation is 1. The molecule has 0 spiro atoms. The zero-order valence-corrected chi connectivity index (χ0v) is 14.0. The first-order valence-electron chi connectivity index (χ1n) is 8.07. The standard InChI is InChI=1S/C18H18N4OS/c23-18(20-14-6-7-16-19-8-9-22(16)11-14)15-12-24-17(21-15)10-13-4-2-1-3-5-13/h1-5,8-9,12,14H,6-7,10-11H2,(H,20,23)/t14-/m0/s1. The van der Waals surface area contributed by atoms with Crippen molar-refractivity contribution in [2.24, 2.45) is 0 Å². The van der Waals surface area contributed by atoms with Crippen LogP contribution in [0.1, 0.15) is 33.3 Å². The number of thiazole rings is 1. The topological polar surface area (TPSA) is 59.8 Å². The van der Waals surface area contributed by atoms with Gasteiger partial charge in [-0.15, -0.1) is 11.3 Å². The highest BCUT2D eigenvalue weighted by atomic mass is 32.1. The zero-order chi connectivity index (χ0) is 16.4. The summed E-state index contributed by atoms with van der Waals surface area (Å²) in [5.74, 6) is 1.01. The minimum absolute atomic E-state index is 0.0841. The summed E-state index contributed by atoms with van der Waals surface area (Å²) in [4.78, 5) is 21.2. The van der Waals surface area contributed by atoms with E-state index in [1.807, 2.05) is 36.0 Å². The molecule has 0 fully saturated rings. The zero-order valence-electron chi connectivity index (χ0n) is 13.2. The Bertz CT molecular complexity index is 840.